The van der Waals surface area contributed by atoms with Gasteiger partial charge in [-0.25, -0.2) is 0 Å². The second-order valence-electron chi connectivity index (χ2n) is 6.06. The predicted octanol–water partition coefficient (Wildman–Crippen LogP) is 2.39. The summed E-state index contributed by atoms with van der Waals surface area (Å²) < 4.78 is 5.12. The van der Waals surface area contributed by atoms with Gasteiger partial charge in [0.2, 0.25) is 11.8 Å². The Morgan fingerprint density at radius 3 is 2.72 bits per heavy atom. The van der Waals surface area contributed by atoms with Crippen LogP contribution in [0, 0.1) is 5.92 Å². The molecule has 6 nitrogen and oxygen atoms in total. The van der Waals surface area contributed by atoms with Crippen LogP contribution in [0.3, 0.4) is 0 Å². The lowest BCUT2D eigenvalue weighted by Crippen LogP contribution is -2.28. The number of benzene rings is 2. The average molecular weight is 340 g/mol. The number of hydrogen-bond acceptors (Lipinski definition) is 4. The standard InChI is InChI=1S/C19H20N2O4/c1-25-17-7-5-13(6-8-17)11-21-12-14(9-18(21)23)19(24)20-15-3-2-4-16(22)10-15/h2-8,10,14,22H,9,11-12H2,1H3,(H,20,24). The number of anilines is 1. The van der Waals surface area contributed by atoms with Crippen LogP contribution >= 0.6 is 0 Å². The first-order chi connectivity index (χ1) is 12.0. The molecule has 1 unspecified atom stereocenters. The Morgan fingerprint density at radius 2 is 2.04 bits per heavy atom. The first-order valence-corrected chi connectivity index (χ1v) is 8.06. The summed E-state index contributed by atoms with van der Waals surface area (Å²) in [4.78, 5) is 26.3. The number of aromatic hydroxyl groups is 1. The number of amides is 2. The number of carbonyl (C=O) groups excluding carboxylic acids is 2. The summed E-state index contributed by atoms with van der Waals surface area (Å²) in [5.41, 5.74) is 1.51. The van der Waals surface area contributed by atoms with Crippen molar-refractivity contribution in [1.29, 1.82) is 0 Å². The lowest BCUT2D eigenvalue weighted by Gasteiger charge is -2.17. The summed E-state index contributed by atoms with van der Waals surface area (Å²) in [5.74, 6) is 0.206. The van der Waals surface area contributed by atoms with E-state index >= 15 is 0 Å². The zero-order valence-electron chi connectivity index (χ0n) is 13.9. The van der Waals surface area contributed by atoms with Gasteiger partial charge in [0.05, 0.1) is 13.0 Å². The smallest absolute Gasteiger partial charge is 0.229 e. The lowest BCUT2D eigenvalue weighted by molar-refractivity contribution is -0.128. The minimum absolute atomic E-state index is 0.0353. The van der Waals surface area contributed by atoms with Gasteiger partial charge in [0.15, 0.2) is 0 Å². The van der Waals surface area contributed by atoms with Crippen molar-refractivity contribution < 1.29 is 19.4 Å². The molecule has 3 rings (SSSR count). The van der Waals surface area contributed by atoms with Crippen molar-refractivity contribution in [3.63, 3.8) is 0 Å². The second kappa shape index (κ2) is 7.25. The summed E-state index contributed by atoms with van der Waals surface area (Å²) in [7, 11) is 1.61. The van der Waals surface area contributed by atoms with Crippen molar-refractivity contribution in [3.05, 3.63) is 54.1 Å². The maximum absolute atomic E-state index is 12.4. The van der Waals surface area contributed by atoms with E-state index in [1.807, 2.05) is 24.3 Å². The highest BCUT2D eigenvalue weighted by atomic mass is 16.5. The Morgan fingerprint density at radius 1 is 1.28 bits per heavy atom. The third-order valence-electron chi connectivity index (χ3n) is 4.23. The summed E-state index contributed by atoms with van der Waals surface area (Å²) in [5, 5.41) is 12.2. The number of methoxy groups -OCH3 is 1. The molecule has 6 heteroatoms. The van der Waals surface area contributed by atoms with Crippen LogP contribution in [0.2, 0.25) is 0 Å². The number of phenolic OH excluding ortho intramolecular Hbond substituents is 1. The summed E-state index contributed by atoms with van der Waals surface area (Å²) in [6.45, 7) is 0.855. The molecule has 2 N–H and O–H groups in total. The van der Waals surface area contributed by atoms with Crippen molar-refractivity contribution in [2.45, 2.75) is 13.0 Å². The monoisotopic (exact) mass is 340 g/mol. The lowest BCUT2D eigenvalue weighted by atomic mass is 10.1. The van der Waals surface area contributed by atoms with Gasteiger partial charge in [0.25, 0.3) is 0 Å². The van der Waals surface area contributed by atoms with Gasteiger partial charge in [-0.1, -0.05) is 18.2 Å². The highest BCUT2D eigenvalue weighted by molar-refractivity contribution is 5.97. The molecule has 25 heavy (non-hydrogen) atoms. The zero-order chi connectivity index (χ0) is 17.8. The van der Waals surface area contributed by atoms with Crippen molar-refractivity contribution in [2.75, 3.05) is 19.0 Å². The van der Waals surface area contributed by atoms with E-state index in [4.69, 9.17) is 4.74 Å². The molecule has 0 spiro atoms. The van der Waals surface area contributed by atoms with E-state index in [2.05, 4.69) is 5.32 Å². The molecule has 1 saturated heterocycles. The van der Waals surface area contributed by atoms with Crippen LogP contribution in [-0.2, 0) is 16.1 Å². The van der Waals surface area contributed by atoms with Gasteiger partial charge in [-0.3, -0.25) is 9.59 Å². The van der Waals surface area contributed by atoms with E-state index < -0.39 is 5.92 Å². The number of phenols is 1. The van der Waals surface area contributed by atoms with Crippen molar-refractivity contribution in [3.8, 4) is 11.5 Å². The SMILES string of the molecule is COc1ccc(CN2CC(C(=O)Nc3cccc(O)c3)CC2=O)cc1. The minimum atomic E-state index is -0.395. The van der Waals surface area contributed by atoms with Crippen LogP contribution in [0.4, 0.5) is 5.69 Å². The molecule has 0 aromatic heterocycles. The van der Waals surface area contributed by atoms with Gasteiger partial charge in [0, 0.05) is 31.3 Å². The van der Waals surface area contributed by atoms with Gasteiger partial charge in [0.1, 0.15) is 11.5 Å². The molecule has 0 aliphatic carbocycles. The molecule has 130 valence electrons. The maximum Gasteiger partial charge on any atom is 0.229 e. The van der Waals surface area contributed by atoms with E-state index in [0.717, 1.165) is 11.3 Å². The van der Waals surface area contributed by atoms with Gasteiger partial charge < -0.3 is 20.1 Å². The van der Waals surface area contributed by atoms with E-state index in [1.54, 1.807) is 24.1 Å². The molecule has 2 amide bonds. The number of hydrogen-bond donors (Lipinski definition) is 2. The molecule has 2 aromatic carbocycles. The van der Waals surface area contributed by atoms with Crippen LogP contribution in [0.15, 0.2) is 48.5 Å². The first-order valence-electron chi connectivity index (χ1n) is 8.06. The normalized spacial score (nSPS) is 16.8. The number of ether oxygens (including phenoxy) is 1. The molecule has 2 aromatic rings. The van der Waals surface area contributed by atoms with Crippen LogP contribution < -0.4 is 10.1 Å². The van der Waals surface area contributed by atoms with Crippen molar-refractivity contribution in [2.24, 2.45) is 5.92 Å². The quantitative estimate of drug-likeness (QED) is 0.876. The topological polar surface area (TPSA) is 78.9 Å². The molecule has 0 bridgehead atoms. The highest BCUT2D eigenvalue weighted by Gasteiger charge is 2.34. The Kier molecular flexibility index (Phi) is 4.88. The Hall–Kier alpha value is -3.02. The molecule has 1 heterocycles. The maximum atomic E-state index is 12.4. The summed E-state index contributed by atoms with van der Waals surface area (Å²) in [6, 6.07) is 13.9. The fourth-order valence-electron chi connectivity index (χ4n) is 2.88. The Bertz CT molecular complexity index is 773. The summed E-state index contributed by atoms with van der Waals surface area (Å²) >= 11 is 0. The molecular weight excluding hydrogens is 320 g/mol. The number of carbonyl (C=O) groups is 2. The van der Waals surface area contributed by atoms with Gasteiger partial charge in [-0.15, -0.1) is 0 Å². The van der Waals surface area contributed by atoms with Gasteiger partial charge in [-0.2, -0.15) is 0 Å². The second-order valence-corrected chi connectivity index (χ2v) is 6.06. The van der Waals surface area contributed by atoms with Crippen LogP contribution in [0.25, 0.3) is 0 Å². The van der Waals surface area contributed by atoms with Crippen LogP contribution in [0.5, 0.6) is 11.5 Å². The fourth-order valence-corrected chi connectivity index (χ4v) is 2.88. The Labute approximate surface area is 146 Å². The zero-order valence-corrected chi connectivity index (χ0v) is 13.9. The Balaban J connectivity index is 1.60. The molecule has 1 atom stereocenters. The number of rotatable bonds is 5. The molecule has 1 aliphatic rings. The van der Waals surface area contributed by atoms with Crippen LogP contribution in [0.1, 0.15) is 12.0 Å². The molecule has 0 radical (unpaired) electrons. The molecular formula is C19H20N2O4. The van der Waals surface area contributed by atoms with Gasteiger partial charge in [-0.05, 0) is 29.8 Å². The average Bonchev–Trinajstić information content (AvgIpc) is 2.96. The molecule has 1 fully saturated rings. The highest BCUT2D eigenvalue weighted by Crippen LogP contribution is 2.23. The molecule has 1 aliphatic heterocycles. The van der Waals surface area contributed by atoms with E-state index in [-0.39, 0.29) is 24.0 Å². The minimum Gasteiger partial charge on any atom is -0.508 e. The third-order valence-corrected chi connectivity index (χ3v) is 4.23. The third kappa shape index (κ3) is 4.09. The summed E-state index contributed by atoms with van der Waals surface area (Å²) in [6.07, 6.45) is 0.195. The number of likely N-dealkylation sites (tertiary alicyclic amines) is 1. The predicted molar refractivity (Wildman–Crippen MR) is 93.3 cm³/mol. The van der Waals surface area contributed by atoms with Crippen molar-refractivity contribution >= 4 is 17.5 Å². The van der Waals surface area contributed by atoms with E-state index in [9.17, 15) is 14.7 Å². The number of nitrogens with zero attached hydrogens (tertiary/aromatic N) is 1. The largest absolute Gasteiger partial charge is 0.508 e. The molecule has 0 saturated carbocycles. The fraction of sp³-hybridized carbons (Fsp3) is 0.263. The first kappa shape index (κ1) is 16.8. The van der Waals surface area contributed by atoms with E-state index in [1.165, 1.54) is 12.1 Å². The van der Waals surface area contributed by atoms with Crippen molar-refractivity contribution in [1.82, 2.24) is 4.90 Å². The van der Waals surface area contributed by atoms with Crippen LogP contribution in [-0.4, -0.2) is 35.5 Å². The van der Waals surface area contributed by atoms with Gasteiger partial charge >= 0.3 is 0 Å². The number of nitrogens with one attached hydrogen (secondary N) is 1. The van der Waals surface area contributed by atoms with E-state index in [0.29, 0.717) is 18.8 Å².